The molecule has 1 amide bonds. The molecule has 0 spiro atoms. The maximum absolute atomic E-state index is 13.0. The van der Waals surface area contributed by atoms with Crippen LogP contribution >= 0.6 is 24.0 Å². The molecule has 8 nitrogen and oxygen atoms in total. The molecule has 0 bridgehead atoms. The fourth-order valence-corrected chi connectivity index (χ4v) is 5.17. The largest absolute Gasteiger partial charge is 0.383 e. The van der Waals surface area contributed by atoms with Crippen molar-refractivity contribution >= 4 is 46.1 Å². The van der Waals surface area contributed by atoms with Crippen LogP contribution in [0.1, 0.15) is 23.6 Å². The number of thioether (sulfide) groups is 1. The molecule has 0 unspecified atom stereocenters. The van der Waals surface area contributed by atoms with E-state index in [1.54, 1.807) is 27.2 Å². The van der Waals surface area contributed by atoms with Gasteiger partial charge in [-0.1, -0.05) is 30.9 Å². The van der Waals surface area contributed by atoms with Gasteiger partial charge in [-0.3, -0.25) is 19.1 Å². The van der Waals surface area contributed by atoms with Crippen molar-refractivity contribution < 1.29 is 9.53 Å². The van der Waals surface area contributed by atoms with Crippen molar-refractivity contribution in [3.05, 3.63) is 31.9 Å². The first-order valence-corrected chi connectivity index (χ1v) is 11.4. The summed E-state index contributed by atoms with van der Waals surface area (Å²) in [6.07, 6.45) is 1.78. The molecule has 1 aromatic rings. The Morgan fingerprint density at radius 2 is 1.94 bits per heavy atom. The number of aromatic nitrogens is 1. The van der Waals surface area contributed by atoms with E-state index in [1.165, 1.54) is 21.2 Å². The summed E-state index contributed by atoms with van der Waals surface area (Å²) in [7, 11) is 3.26. The minimum atomic E-state index is -0.322. The number of amides is 1. The van der Waals surface area contributed by atoms with Gasteiger partial charge in [0.1, 0.15) is 21.8 Å². The van der Waals surface area contributed by atoms with E-state index in [4.69, 9.17) is 17.0 Å². The highest BCUT2D eigenvalue weighted by atomic mass is 32.2. The lowest BCUT2D eigenvalue weighted by Gasteiger charge is -2.37. The Bertz CT molecular complexity index is 1020. The van der Waals surface area contributed by atoms with Crippen LogP contribution in [-0.4, -0.2) is 77.6 Å². The second kappa shape index (κ2) is 9.96. The standard InChI is InChI=1S/C21H27N5O3S2/c1-5-24-6-8-25(9-7-24)18-15(14(2)16(13-22)19(27)23(18)3)12-17-20(28)26(10-11-29-4)21(30)31-17/h12H,5-11H2,1-4H3/b17-12-. The Morgan fingerprint density at radius 1 is 1.26 bits per heavy atom. The van der Waals surface area contributed by atoms with Crippen LogP contribution in [0.2, 0.25) is 0 Å². The molecule has 2 saturated heterocycles. The molecule has 0 aromatic carbocycles. The van der Waals surface area contributed by atoms with Gasteiger partial charge in [-0.25, -0.2) is 0 Å². The highest BCUT2D eigenvalue weighted by Crippen LogP contribution is 2.35. The molecular weight excluding hydrogens is 434 g/mol. The first kappa shape index (κ1) is 23.5. The molecule has 3 heterocycles. The van der Waals surface area contributed by atoms with Gasteiger partial charge in [0.2, 0.25) is 0 Å². The van der Waals surface area contributed by atoms with Crippen LogP contribution in [-0.2, 0) is 16.6 Å². The van der Waals surface area contributed by atoms with Crippen LogP contribution in [0, 0.1) is 18.3 Å². The highest BCUT2D eigenvalue weighted by Gasteiger charge is 2.33. The number of nitrogens with zero attached hydrogens (tertiary/aromatic N) is 5. The zero-order valence-corrected chi connectivity index (χ0v) is 19.9. The van der Waals surface area contributed by atoms with Gasteiger partial charge in [-0.05, 0) is 25.1 Å². The molecule has 10 heteroatoms. The van der Waals surface area contributed by atoms with Crippen LogP contribution in [0.3, 0.4) is 0 Å². The second-order valence-electron chi connectivity index (χ2n) is 7.46. The number of anilines is 1. The Hall–Kier alpha value is -2.19. The molecule has 0 N–H and O–H groups in total. The van der Waals surface area contributed by atoms with Crippen LogP contribution in [0.5, 0.6) is 0 Å². The van der Waals surface area contributed by atoms with Crippen molar-refractivity contribution in [2.24, 2.45) is 7.05 Å². The third-order valence-electron chi connectivity index (χ3n) is 5.75. The number of nitriles is 1. The van der Waals surface area contributed by atoms with Gasteiger partial charge in [0.25, 0.3) is 11.5 Å². The monoisotopic (exact) mass is 461 g/mol. The first-order valence-electron chi connectivity index (χ1n) is 10.2. The topological polar surface area (TPSA) is 81.8 Å². The van der Waals surface area contributed by atoms with E-state index >= 15 is 0 Å². The Morgan fingerprint density at radius 3 is 2.52 bits per heavy atom. The molecule has 0 saturated carbocycles. The van der Waals surface area contributed by atoms with Crippen molar-refractivity contribution in [3.63, 3.8) is 0 Å². The molecule has 31 heavy (non-hydrogen) atoms. The molecule has 0 atom stereocenters. The van der Waals surface area contributed by atoms with Crippen LogP contribution < -0.4 is 10.5 Å². The third-order valence-corrected chi connectivity index (χ3v) is 7.13. The number of pyridine rings is 1. The lowest BCUT2D eigenvalue weighted by Crippen LogP contribution is -2.48. The van der Waals surface area contributed by atoms with E-state index in [2.05, 4.69) is 16.7 Å². The summed E-state index contributed by atoms with van der Waals surface area (Å²) in [5, 5.41) is 9.59. The summed E-state index contributed by atoms with van der Waals surface area (Å²) in [5.41, 5.74) is 1.08. The van der Waals surface area contributed by atoms with Crippen molar-refractivity contribution in [3.8, 4) is 6.07 Å². The number of likely N-dealkylation sites (N-methyl/N-ethyl adjacent to an activating group) is 1. The fourth-order valence-electron chi connectivity index (χ4n) is 3.88. The van der Waals surface area contributed by atoms with Crippen LogP contribution in [0.4, 0.5) is 5.82 Å². The third kappa shape index (κ3) is 4.55. The summed E-state index contributed by atoms with van der Waals surface area (Å²) >= 11 is 6.62. The molecular formula is C21H27N5O3S2. The summed E-state index contributed by atoms with van der Waals surface area (Å²) < 4.78 is 7.09. The molecule has 0 aliphatic carbocycles. The molecule has 166 valence electrons. The van der Waals surface area contributed by atoms with E-state index in [9.17, 15) is 14.9 Å². The van der Waals surface area contributed by atoms with Crippen molar-refractivity contribution in [1.82, 2.24) is 14.4 Å². The summed E-state index contributed by atoms with van der Waals surface area (Å²) in [5.74, 6) is 0.556. The minimum absolute atomic E-state index is 0.0968. The zero-order valence-electron chi connectivity index (χ0n) is 18.3. The Kier molecular flexibility index (Phi) is 7.54. The van der Waals surface area contributed by atoms with Crippen molar-refractivity contribution in [1.29, 1.82) is 5.26 Å². The van der Waals surface area contributed by atoms with Gasteiger partial charge >= 0.3 is 0 Å². The zero-order chi connectivity index (χ0) is 22.7. The van der Waals surface area contributed by atoms with Crippen LogP contribution in [0.15, 0.2) is 9.70 Å². The lowest BCUT2D eigenvalue weighted by atomic mass is 10.0. The number of hydrogen-bond donors (Lipinski definition) is 0. The number of ether oxygens (including phenoxy) is 1. The van der Waals surface area contributed by atoms with E-state index in [0.29, 0.717) is 27.9 Å². The number of hydrogen-bond acceptors (Lipinski definition) is 8. The number of methoxy groups -OCH3 is 1. The number of thiocarbonyl (C=S) groups is 1. The van der Waals surface area contributed by atoms with Gasteiger partial charge in [-0.2, -0.15) is 5.26 Å². The summed E-state index contributed by atoms with van der Waals surface area (Å²) in [4.78, 5) is 32.3. The average molecular weight is 462 g/mol. The summed E-state index contributed by atoms with van der Waals surface area (Å²) in [6, 6.07) is 2.04. The average Bonchev–Trinajstić information content (AvgIpc) is 3.03. The van der Waals surface area contributed by atoms with E-state index in [-0.39, 0.29) is 17.0 Å². The molecule has 2 aliphatic rings. The predicted octanol–water partition coefficient (Wildman–Crippen LogP) is 1.55. The number of rotatable bonds is 6. The molecule has 2 aliphatic heterocycles. The SMILES string of the molecule is CCN1CCN(c2c(/C=C3\SC(=S)N(CCOC)C3=O)c(C)c(C#N)c(=O)n2C)CC1. The fraction of sp³-hybridized carbons (Fsp3) is 0.524. The normalized spacial score (nSPS) is 18.9. The van der Waals surface area contributed by atoms with Gasteiger partial charge in [0.15, 0.2) is 0 Å². The molecule has 2 fully saturated rings. The van der Waals surface area contributed by atoms with Gasteiger partial charge in [0.05, 0.1) is 18.1 Å². The highest BCUT2D eigenvalue weighted by molar-refractivity contribution is 8.26. The Labute approximate surface area is 192 Å². The second-order valence-corrected chi connectivity index (χ2v) is 9.14. The number of carbonyl (C=O) groups excluding carboxylic acids is 1. The predicted molar refractivity (Wildman–Crippen MR) is 127 cm³/mol. The van der Waals surface area contributed by atoms with E-state index in [1.807, 2.05) is 6.07 Å². The number of carbonyl (C=O) groups is 1. The quantitative estimate of drug-likeness (QED) is 0.466. The van der Waals surface area contributed by atoms with E-state index in [0.717, 1.165) is 44.1 Å². The molecule has 1 aromatic heterocycles. The van der Waals surface area contributed by atoms with Gasteiger partial charge in [0, 0.05) is 45.9 Å². The Balaban J connectivity index is 2.09. The van der Waals surface area contributed by atoms with Crippen molar-refractivity contribution in [2.75, 3.05) is 57.9 Å². The smallest absolute Gasteiger partial charge is 0.270 e. The maximum Gasteiger partial charge on any atom is 0.270 e. The number of piperazine rings is 1. The van der Waals surface area contributed by atoms with Crippen molar-refractivity contribution in [2.45, 2.75) is 13.8 Å². The molecule has 0 radical (unpaired) electrons. The minimum Gasteiger partial charge on any atom is -0.383 e. The van der Waals surface area contributed by atoms with Gasteiger partial charge < -0.3 is 14.5 Å². The molecule has 3 rings (SSSR count). The first-order chi connectivity index (χ1) is 14.8. The maximum atomic E-state index is 13.0. The van der Waals surface area contributed by atoms with E-state index < -0.39 is 0 Å². The lowest BCUT2D eigenvalue weighted by molar-refractivity contribution is -0.122. The van der Waals surface area contributed by atoms with Gasteiger partial charge in [-0.15, -0.1) is 0 Å². The van der Waals surface area contributed by atoms with Crippen LogP contribution in [0.25, 0.3) is 6.08 Å². The summed E-state index contributed by atoms with van der Waals surface area (Å²) in [6.45, 7) is 8.98.